The Labute approximate surface area is 149 Å². The summed E-state index contributed by atoms with van der Waals surface area (Å²) in [6.07, 6.45) is -4.47. The van der Waals surface area contributed by atoms with Gasteiger partial charge in [0.1, 0.15) is 12.4 Å². The van der Waals surface area contributed by atoms with Gasteiger partial charge >= 0.3 is 6.18 Å². The van der Waals surface area contributed by atoms with Gasteiger partial charge in [-0.2, -0.15) is 13.2 Å². The van der Waals surface area contributed by atoms with Gasteiger partial charge in [-0.15, -0.1) is 0 Å². The van der Waals surface area contributed by atoms with Crippen LogP contribution in [0.4, 0.5) is 17.6 Å². The summed E-state index contributed by atoms with van der Waals surface area (Å²) < 4.78 is 57.9. The lowest BCUT2D eigenvalue weighted by Gasteiger charge is -2.30. The molecule has 2 aromatic carbocycles. The zero-order valence-corrected chi connectivity index (χ0v) is 14.5. The molecule has 1 fully saturated rings. The topological polar surface area (TPSA) is 29.5 Å². The van der Waals surface area contributed by atoms with Gasteiger partial charge in [-0.25, -0.2) is 4.39 Å². The molecule has 0 aromatic heterocycles. The molecule has 0 heterocycles. The van der Waals surface area contributed by atoms with Gasteiger partial charge in [0.15, 0.2) is 0 Å². The van der Waals surface area contributed by atoms with E-state index < -0.39 is 24.9 Å². The maximum absolute atomic E-state index is 13.7. The Morgan fingerprint density at radius 1 is 1.12 bits per heavy atom. The Balaban J connectivity index is 1.82. The standard InChI is InChI=1S/C20H22F4O2/c1-12(25)14-3-2-13-4-9-19(18(11-21)17(13)10-14)26-16-7-5-15(6-8-16)20(22,23)24/h2-4,9-10,12,15-16,25H,5-8,11H2,1H3. The molecule has 0 bridgehead atoms. The Morgan fingerprint density at radius 3 is 2.35 bits per heavy atom. The van der Waals surface area contributed by atoms with E-state index in [9.17, 15) is 22.7 Å². The molecule has 0 radical (unpaired) electrons. The van der Waals surface area contributed by atoms with E-state index in [0.717, 1.165) is 5.39 Å². The third-order valence-electron chi connectivity index (χ3n) is 5.16. The van der Waals surface area contributed by atoms with E-state index in [4.69, 9.17) is 4.74 Å². The SMILES string of the molecule is CC(O)c1ccc2ccc(OC3CCC(C(F)(F)F)CC3)c(CF)c2c1. The van der Waals surface area contributed by atoms with E-state index in [1.807, 2.05) is 6.07 Å². The fraction of sp³-hybridized carbons (Fsp3) is 0.500. The van der Waals surface area contributed by atoms with E-state index in [-0.39, 0.29) is 18.9 Å². The molecule has 26 heavy (non-hydrogen) atoms. The van der Waals surface area contributed by atoms with Crippen molar-refractivity contribution in [2.75, 3.05) is 0 Å². The fourth-order valence-corrected chi connectivity index (χ4v) is 3.58. The fourth-order valence-electron chi connectivity index (χ4n) is 3.58. The van der Waals surface area contributed by atoms with Gasteiger partial charge in [0.25, 0.3) is 0 Å². The molecule has 6 heteroatoms. The van der Waals surface area contributed by atoms with Crippen LogP contribution in [0.25, 0.3) is 10.8 Å². The van der Waals surface area contributed by atoms with Gasteiger partial charge in [0, 0.05) is 5.56 Å². The predicted octanol–water partition coefficient (Wildman–Crippen LogP) is 5.86. The second-order valence-corrected chi connectivity index (χ2v) is 6.97. The number of fused-ring (bicyclic) bond motifs is 1. The van der Waals surface area contributed by atoms with Crippen LogP contribution in [0.5, 0.6) is 5.75 Å². The molecule has 1 atom stereocenters. The molecule has 3 rings (SSSR count). The molecule has 1 unspecified atom stereocenters. The summed E-state index contributed by atoms with van der Waals surface area (Å²) >= 11 is 0. The van der Waals surface area contributed by atoms with Crippen molar-refractivity contribution in [3.63, 3.8) is 0 Å². The maximum Gasteiger partial charge on any atom is 0.391 e. The molecule has 1 aliphatic carbocycles. The molecule has 2 aromatic rings. The second kappa shape index (κ2) is 7.43. The highest BCUT2D eigenvalue weighted by Gasteiger charge is 2.41. The van der Waals surface area contributed by atoms with E-state index in [2.05, 4.69) is 0 Å². The lowest BCUT2D eigenvalue weighted by Crippen LogP contribution is -2.32. The normalized spacial score (nSPS) is 22.4. The number of benzene rings is 2. The Bertz CT molecular complexity index is 762. The minimum absolute atomic E-state index is 0.0406. The van der Waals surface area contributed by atoms with Crippen LogP contribution in [-0.2, 0) is 6.67 Å². The Morgan fingerprint density at radius 2 is 1.77 bits per heavy atom. The lowest BCUT2D eigenvalue weighted by atomic mass is 9.87. The molecule has 0 spiro atoms. The Kier molecular flexibility index (Phi) is 5.42. The molecule has 1 saturated carbocycles. The molecule has 0 saturated heterocycles. The van der Waals surface area contributed by atoms with Crippen molar-refractivity contribution in [2.45, 2.75) is 57.7 Å². The highest BCUT2D eigenvalue weighted by atomic mass is 19.4. The van der Waals surface area contributed by atoms with Gasteiger partial charge < -0.3 is 9.84 Å². The summed E-state index contributed by atoms with van der Waals surface area (Å²) in [5, 5.41) is 11.2. The summed E-state index contributed by atoms with van der Waals surface area (Å²) in [6, 6.07) is 8.82. The highest BCUT2D eigenvalue weighted by molar-refractivity contribution is 5.88. The van der Waals surface area contributed by atoms with Crippen molar-refractivity contribution in [3.8, 4) is 5.75 Å². The first kappa shape index (κ1) is 19.0. The predicted molar refractivity (Wildman–Crippen MR) is 91.8 cm³/mol. The van der Waals surface area contributed by atoms with Gasteiger partial charge in [-0.3, -0.25) is 0 Å². The van der Waals surface area contributed by atoms with Crippen molar-refractivity contribution in [3.05, 3.63) is 41.5 Å². The van der Waals surface area contributed by atoms with Gasteiger partial charge in [0.05, 0.1) is 18.1 Å². The van der Waals surface area contributed by atoms with Crippen molar-refractivity contribution in [1.82, 2.24) is 0 Å². The second-order valence-electron chi connectivity index (χ2n) is 6.97. The molecule has 0 aliphatic heterocycles. The van der Waals surface area contributed by atoms with E-state index in [1.165, 1.54) is 0 Å². The van der Waals surface area contributed by atoms with E-state index >= 15 is 0 Å². The number of hydrogen-bond acceptors (Lipinski definition) is 2. The van der Waals surface area contributed by atoms with Gasteiger partial charge in [0.2, 0.25) is 0 Å². The number of alkyl halides is 4. The van der Waals surface area contributed by atoms with Crippen LogP contribution in [-0.4, -0.2) is 17.4 Å². The molecule has 1 N–H and O–H groups in total. The van der Waals surface area contributed by atoms with Crippen LogP contribution in [0.15, 0.2) is 30.3 Å². The quantitative estimate of drug-likeness (QED) is 0.683. The number of ether oxygens (including phenoxy) is 1. The number of halogens is 4. The van der Waals surface area contributed by atoms with Gasteiger partial charge in [-0.1, -0.05) is 18.2 Å². The monoisotopic (exact) mass is 370 g/mol. The average molecular weight is 370 g/mol. The summed E-state index contributed by atoms with van der Waals surface area (Å²) in [7, 11) is 0. The van der Waals surface area contributed by atoms with Crippen LogP contribution >= 0.6 is 0 Å². The first-order chi connectivity index (χ1) is 12.3. The third-order valence-corrected chi connectivity index (χ3v) is 5.16. The summed E-state index contributed by atoms with van der Waals surface area (Å²) in [6.45, 7) is 0.892. The van der Waals surface area contributed by atoms with Crippen LogP contribution < -0.4 is 4.74 Å². The molecule has 1 aliphatic rings. The largest absolute Gasteiger partial charge is 0.490 e. The molecular weight excluding hydrogens is 348 g/mol. The number of rotatable bonds is 4. The highest BCUT2D eigenvalue weighted by Crippen LogP contribution is 2.39. The third kappa shape index (κ3) is 3.95. The van der Waals surface area contributed by atoms with Crippen LogP contribution in [0, 0.1) is 5.92 Å². The van der Waals surface area contributed by atoms with Crippen LogP contribution in [0.2, 0.25) is 0 Å². The summed E-state index contributed by atoms with van der Waals surface area (Å²) in [4.78, 5) is 0. The van der Waals surface area contributed by atoms with Crippen LogP contribution in [0.1, 0.15) is 49.8 Å². The molecule has 0 amide bonds. The summed E-state index contributed by atoms with van der Waals surface area (Å²) in [5.74, 6) is -0.897. The maximum atomic E-state index is 13.7. The van der Waals surface area contributed by atoms with Crippen LogP contribution in [0.3, 0.4) is 0 Å². The number of aliphatic hydroxyl groups excluding tert-OH is 1. The smallest absolute Gasteiger partial charge is 0.391 e. The minimum Gasteiger partial charge on any atom is -0.490 e. The zero-order chi connectivity index (χ0) is 18.9. The van der Waals surface area contributed by atoms with Gasteiger partial charge in [-0.05, 0) is 61.1 Å². The number of hydrogen-bond donors (Lipinski definition) is 1. The summed E-state index contributed by atoms with van der Waals surface area (Å²) in [5.41, 5.74) is 1.05. The molecule has 2 nitrogen and oxygen atoms in total. The first-order valence-corrected chi connectivity index (χ1v) is 8.82. The Hall–Kier alpha value is -1.82. The van der Waals surface area contributed by atoms with E-state index in [0.29, 0.717) is 35.1 Å². The van der Waals surface area contributed by atoms with Crippen molar-refractivity contribution in [2.24, 2.45) is 5.92 Å². The molecular formula is C20H22F4O2. The first-order valence-electron chi connectivity index (χ1n) is 8.82. The van der Waals surface area contributed by atoms with Crippen molar-refractivity contribution < 1.29 is 27.4 Å². The van der Waals surface area contributed by atoms with Crippen molar-refractivity contribution in [1.29, 1.82) is 0 Å². The minimum atomic E-state index is -4.16. The number of aliphatic hydroxyl groups is 1. The molecule has 142 valence electrons. The van der Waals surface area contributed by atoms with Crippen molar-refractivity contribution >= 4 is 10.8 Å². The average Bonchev–Trinajstić information content (AvgIpc) is 2.60. The lowest BCUT2D eigenvalue weighted by molar-refractivity contribution is -0.185. The zero-order valence-electron chi connectivity index (χ0n) is 14.5. The van der Waals surface area contributed by atoms with E-state index in [1.54, 1.807) is 31.2 Å².